The van der Waals surface area contributed by atoms with Crippen LogP contribution in [0.5, 0.6) is 0 Å². The van der Waals surface area contributed by atoms with E-state index in [1.165, 1.54) is 0 Å². The third kappa shape index (κ3) is 4.85. The zero-order valence-corrected chi connectivity index (χ0v) is 15.2. The van der Waals surface area contributed by atoms with Crippen molar-refractivity contribution in [2.24, 2.45) is 0 Å². The number of aryl methyl sites for hydroxylation is 2. The van der Waals surface area contributed by atoms with Crippen LogP contribution in [0.3, 0.4) is 0 Å². The van der Waals surface area contributed by atoms with Gasteiger partial charge in [-0.3, -0.25) is 9.59 Å². The van der Waals surface area contributed by atoms with Gasteiger partial charge in [0, 0.05) is 17.1 Å². The number of benzene rings is 2. The molecule has 0 radical (unpaired) electrons. The van der Waals surface area contributed by atoms with Crippen molar-refractivity contribution in [1.29, 1.82) is 0 Å². The molecule has 0 unspecified atom stereocenters. The summed E-state index contributed by atoms with van der Waals surface area (Å²) in [7, 11) is 0. The van der Waals surface area contributed by atoms with Crippen molar-refractivity contribution in [1.82, 2.24) is 4.57 Å². The van der Waals surface area contributed by atoms with E-state index in [4.69, 9.17) is 5.11 Å². The maximum atomic E-state index is 12.6. The van der Waals surface area contributed by atoms with Crippen molar-refractivity contribution in [2.75, 3.05) is 5.32 Å². The van der Waals surface area contributed by atoms with Gasteiger partial charge in [0.25, 0.3) is 0 Å². The van der Waals surface area contributed by atoms with E-state index in [-0.39, 0.29) is 18.9 Å². The second-order valence-corrected chi connectivity index (χ2v) is 6.47. The van der Waals surface area contributed by atoms with E-state index >= 15 is 0 Å². The summed E-state index contributed by atoms with van der Waals surface area (Å²) in [6.45, 7) is 2.12. The van der Waals surface area contributed by atoms with E-state index in [0.717, 1.165) is 28.2 Å². The summed E-state index contributed by atoms with van der Waals surface area (Å²) in [6.07, 6.45) is 0.401. The first-order valence-electron chi connectivity index (χ1n) is 8.85. The molecule has 0 saturated carbocycles. The van der Waals surface area contributed by atoms with Crippen LogP contribution in [-0.2, 0) is 22.6 Å². The van der Waals surface area contributed by atoms with Crippen LogP contribution in [-0.4, -0.2) is 21.6 Å². The summed E-state index contributed by atoms with van der Waals surface area (Å²) in [5, 5.41) is 11.9. The van der Waals surface area contributed by atoms with E-state index in [9.17, 15) is 9.59 Å². The molecule has 2 aromatic carbocycles. The van der Waals surface area contributed by atoms with Crippen molar-refractivity contribution in [3.05, 3.63) is 78.0 Å². The van der Waals surface area contributed by atoms with Gasteiger partial charge in [0.1, 0.15) is 6.54 Å². The lowest BCUT2D eigenvalue weighted by atomic mass is 10.1. The van der Waals surface area contributed by atoms with E-state index in [2.05, 4.69) is 5.32 Å². The SMILES string of the molecule is Cc1ccc(NC(=O)Cn2c(CCC(=O)O)ccc2-c2ccccc2)cc1. The fourth-order valence-electron chi connectivity index (χ4n) is 2.99. The molecule has 1 heterocycles. The number of anilines is 1. The number of hydrogen-bond donors (Lipinski definition) is 2. The number of rotatable bonds is 7. The molecule has 0 aliphatic carbocycles. The van der Waals surface area contributed by atoms with Crippen LogP contribution in [0.15, 0.2) is 66.7 Å². The van der Waals surface area contributed by atoms with Gasteiger partial charge in [0.15, 0.2) is 0 Å². The molecule has 2 N–H and O–H groups in total. The molecule has 0 bridgehead atoms. The predicted molar refractivity (Wildman–Crippen MR) is 106 cm³/mol. The molecule has 5 heteroatoms. The first-order chi connectivity index (χ1) is 13.0. The highest BCUT2D eigenvalue weighted by molar-refractivity contribution is 5.91. The summed E-state index contributed by atoms with van der Waals surface area (Å²) >= 11 is 0. The van der Waals surface area contributed by atoms with Gasteiger partial charge in [-0.05, 0) is 43.2 Å². The van der Waals surface area contributed by atoms with Crippen LogP contribution in [0.2, 0.25) is 0 Å². The Morgan fingerprint density at radius 1 is 0.963 bits per heavy atom. The van der Waals surface area contributed by atoms with Gasteiger partial charge in [-0.15, -0.1) is 0 Å². The van der Waals surface area contributed by atoms with Crippen molar-refractivity contribution in [3.63, 3.8) is 0 Å². The smallest absolute Gasteiger partial charge is 0.303 e. The molecule has 1 aromatic heterocycles. The summed E-state index contributed by atoms with van der Waals surface area (Å²) in [6, 6.07) is 21.2. The Morgan fingerprint density at radius 2 is 1.67 bits per heavy atom. The average molecular weight is 362 g/mol. The molecule has 0 aliphatic rings. The number of nitrogens with zero attached hydrogens (tertiary/aromatic N) is 1. The highest BCUT2D eigenvalue weighted by Gasteiger charge is 2.14. The fraction of sp³-hybridized carbons (Fsp3) is 0.182. The molecule has 5 nitrogen and oxygen atoms in total. The van der Waals surface area contributed by atoms with Gasteiger partial charge >= 0.3 is 5.97 Å². The normalized spacial score (nSPS) is 10.6. The number of aliphatic carboxylic acids is 1. The van der Waals surface area contributed by atoms with Gasteiger partial charge < -0.3 is 15.0 Å². The first kappa shape index (κ1) is 18.5. The zero-order chi connectivity index (χ0) is 19.2. The van der Waals surface area contributed by atoms with Gasteiger partial charge in [0.2, 0.25) is 5.91 Å². The third-order valence-electron chi connectivity index (χ3n) is 4.37. The minimum absolute atomic E-state index is 0.0256. The molecule has 3 rings (SSSR count). The van der Waals surface area contributed by atoms with E-state index in [1.54, 1.807) is 0 Å². The zero-order valence-electron chi connectivity index (χ0n) is 15.2. The lowest BCUT2D eigenvalue weighted by Crippen LogP contribution is -2.21. The maximum Gasteiger partial charge on any atom is 0.303 e. The average Bonchev–Trinajstić information content (AvgIpc) is 3.05. The summed E-state index contributed by atoms with van der Waals surface area (Å²) < 4.78 is 1.89. The lowest BCUT2D eigenvalue weighted by molar-refractivity contribution is -0.137. The third-order valence-corrected chi connectivity index (χ3v) is 4.37. The summed E-state index contributed by atoms with van der Waals surface area (Å²) in [5.41, 5.74) is 4.58. The number of aromatic nitrogens is 1. The molecule has 27 heavy (non-hydrogen) atoms. The summed E-state index contributed by atoms with van der Waals surface area (Å²) in [5.74, 6) is -1.00. The van der Waals surface area contributed by atoms with Gasteiger partial charge in [0.05, 0.1) is 6.42 Å². The fourth-order valence-corrected chi connectivity index (χ4v) is 2.99. The monoisotopic (exact) mass is 362 g/mol. The Hall–Kier alpha value is -3.34. The van der Waals surface area contributed by atoms with Gasteiger partial charge in [-0.1, -0.05) is 48.0 Å². The molecule has 0 atom stereocenters. The molecule has 0 fully saturated rings. The van der Waals surface area contributed by atoms with Crippen LogP contribution < -0.4 is 5.32 Å². The van der Waals surface area contributed by atoms with E-state index < -0.39 is 5.97 Å². The molecular formula is C22H22N2O3. The first-order valence-corrected chi connectivity index (χ1v) is 8.85. The van der Waals surface area contributed by atoms with Crippen molar-refractivity contribution in [3.8, 4) is 11.3 Å². The number of hydrogen-bond acceptors (Lipinski definition) is 2. The Morgan fingerprint density at radius 3 is 2.33 bits per heavy atom. The Bertz CT molecular complexity index is 928. The molecule has 0 spiro atoms. The standard InChI is InChI=1S/C22H22N2O3/c1-16-7-9-18(10-8-16)23-21(25)15-24-19(12-14-22(26)27)11-13-20(24)17-5-3-2-4-6-17/h2-11,13H,12,14-15H2,1H3,(H,23,25)(H,26,27). The summed E-state index contributed by atoms with van der Waals surface area (Å²) in [4.78, 5) is 23.6. The van der Waals surface area contributed by atoms with E-state index in [1.807, 2.05) is 78.2 Å². The molecule has 0 saturated heterocycles. The van der Waals surface area contributed by atoms with Gasteiger partial charge in [-0.2, -0.15) is 0 Å². The Labute approximate surface area is 158 Å². The number of carboxylic acids is 1. The molecular weight excluding hydrogens is 340 g/mol. The molecule has 3 aromatic rings. The van der Waals surface area contributed by atoms with Gasteiger partial charge in [-0.25, -0.2) is 0 Å². The minimum Gasteiger partial charge on any atom is -0.481 e. The van der Waals surface area contributed by atoms with E-state index in [0.29, 0.717) is 6.42 Å². The van der Waals surface area contributed by atoms with Crippen LogP contribution in [0.25, 0.3) is 11.3 Å². The van der Waals surface area contributed by atoms with Crippen LogP contribution in [0.1, 0.15) is 17.7 Å². The maximum absolute atomic E-state index is 12.6. The van der Waals surface area contributed by atoms with Crippen molar-refractivity contribution >= 4 is 17.6 Å². The Kier molecular flexibility index (Phi) is 5.71. The molecule has 1 amide bonds. The molecule has 0 aliphatic heterocycles. The minimum atomic E-state index is -0.854. The van der Waals surface area contributed by atoms with Crippen LogP contribution in [0.4, 0.5) is 5.69 Å². The predicted octanol–water partition coefficient (Wildman–Crippen LogP) is 4.12. The molecule has 138 valence electrons. The number of carbonyl (C=O) groups excluding carboxylic acids is 1. The van der Waals surface area contributed by atoms with Crippen LogP contribution in [0, 0.1) is 6.92 Å². The topological polar surface area (TPSA) is 71.3 Å². The number of nitrogens with one attached hydrogen (secondary N) is 1. The largest absolute Gasteiger partial charge is 0.481 e. The number of carboxylic acid groups (broad SMARTS) is 1. The Balaban J connectivity index is 1.84. The lowest BCUT2D eigenvalue weighted by Gasteiger charge is -2.14. The second-order valence-electron chi connectivity index (χ2n) is 6.47. The van der Waals surface area contributed by atoms with Crippen LogP contribution >= 0.6 is 0 Å². The second kappa shape index (κ2) is 8.36. The quantitative estimate of drug-likeness (QED) is 0.664. The van der Waals surface area contributed by atoms with Crippen molar-refractivity contribution in [2.45, 2.75) is 26.3 Å². The number of amides is 1. The van der Waals surface area contributed by atoms with Crippen molar-refractivity contribution < 1.29 is 14.7 Å². The highest BCUT2D eigenvalue weighted by Crippen LogP contribution is 2.23. The highest BCUT2D eigenvalue weighted by atomic mass is 16.4. The number of carbonyl (C=O) groups is 2.